The van der Waals surface area contributed by atoms with E-state index in [0.717, 1.165) is 5.69 Å². The average molecular weight is 464 g/mol. The van der Waals surface area contributed by atoms with Crippen molar-refractivity contribution >= 4 is 51.9 Å². The van der Waals surface area contributed by atoms with Gasteiger partial charge in [-0.3, -0.25) is 19.4 Å². The van der Waals surface area contributed by atoms with Gasteiger partial charge in [0.2, 0.25) is 11.2 Å². The van der Waals surface area contributed by atoms with Gasteiger partial charge < -0.3 is 32.1 Å². The summed E-state index contributed by atoms with van der Waals surface area (Å²) in [6.07, 6.45) is -0.259. The van der Waals surface area contributed by atoms with E-state index in [-0.39, 0.29) is 36.0 Å². The van der Waals surface area contributed by atoms with E-state index < -0.39 is 23.2 Å². The minimum atomic E-state index is -1.25. The third kappa shape index (κ3) is 5.88. The number of carbonyl (C=O) groups excluding carboxylic acids is 2. The van der Waals surface area contributed by atoms with Crippen LogP contribution in [0.25, 0.3) is 0 Å². The summed E-state index contributed by atoms with van der Waals surface area (Å²) in [5.74, 6) is -1.40. The third-order valence-electron chi connectivity index (χ3n) is 4.73. The largest absolute Gasteiger partial charge is 0.480 e. The van der Waals surface area contributed by atoms with E-state index in [9.17, 15) is 24.3 Å². The number of fused-ring (bicyclic) bond motifs is 1. The predicted molar refractivity (Wildman–Crippen MR) is 119 cm³/mol. The van der Waals surface area contributed by atoms with Crippen LogP contribution in [0, 0.1) is 0 Å². The first-order valence-corrected chi connectivity index (χ1v) is 10.1. The molecule has 2 aromatic rings. The Morgan fingerprint density at radius 2 is 2.00 bits per heavy atom. The van der Waals surface area contributed by atoms with Crippen LogP contribution in [0.4, 0.5) is 23.1 Å². The number of carboxylic acid groups (broad SMARTS) is 1. The molecule has 0 bridgehead atoms. The molecule has 1 aliphatic rings. The van der Waals surface area contributed by atoms with Crippen LogP contribution in [0.1, 0.15) is 23.2 Å². The SMILES string of the molecule is Nc1nc2c(c(=O)[nH]1)NC(CNc1ccc(C(=O)N[C@@H](CCC(=O)Cl)C(=O)O)cc1)CN2. The molecule has 32 heavy (non-hydrogen) atoms. The molecule has 170 valence electrons. The Morgan fingerprint density at radius 1 is 1.28 bits per heavy atom. The summed E-state index contributed by atoms with van der Waals surface area (Å²) in [4.78, 5) is 52.9. The van der Waals surface area contributed by atoms with Crippen molar-refractivity contribution in [1.29, 1.82) is 0 Å². The molecule has 0 fully saturated rings. The molecule has 1 amide bonds. The molecule has 0 spiro atoms. The van der Waals surface area contributed by atoms with Crippen molar-refractivity contribution in [1.82, 2.24) is 15.3 Å². The van der Waals surface area contributed by atoms with Crippen molar-refractivity contribution < 1.29 is 19.5 Å². The molecule has 8 N–H and O–H groups in total. The van der Waals surface area contributed by atoms with E-state index >= 15 is 0 Å². The van der Waals surface area contributed by atoms with Gasteiger partial charge in [0.25, 0.3) is 11.5 Å². The smallest absolute Gasteiger partial charge is 0.326 e. The highest BCUT2D eigenvalue weighted by Crippen LogP contribution is 2.20. The number of H-pyrrole nitrogens is 1. The second-order valence-corrected chi connectivity index (χ2v) is 7.53. The van der Waals surface area contributed by atoms with Gasteiger partial charge in [0, 0.05) is 30.8 Å². The van der Waals surface area contributed by atoms with E-state index in [1.54, 1.807) is 24.3 Å². The zero-order valence-electron chi connectivity index (χ0n) is 16.8. The number of hydrogen-bond donors (Lipinski definition) is 7. The van der Waals surface area contributed by atoms with Gasteiger partial charge in [0.1, 0.15) is 11.7 Å². The number of nitrogens with zero attached hydrogens (tertiary/aromatic N) is 1. The zero-order valence-corrected chi connectivity index (χ0v) is 17.5. The van der Waals surface area contributed by atoms with Gasteiger partial charge in [-0.1, -0.05) is 0 Å². The van der Waals surface area contributed by atoms with Crippen molar-refractivity contribution in [2.24, 2.45) is 0 Å². The van der Waals surface area contributed by atoms with Gasteiger partial charge in [-0.15, -0.1) is 0 Å². The molecule has 0 radical (unpaired) electrons. The number of carboxylic acids is 1. The van der Waals surface area contributed by atoms with Crippen LogP contribution in [-0.4, -0.2) is 57.4 Å². The van der Waals surface area contributed by atoms with Crippen LogP contribution >= 0.6 is 11.6 Å². The van der Waals surface area contributed by atoms with Crippen LogP contribution in [0.3, 0.4) is 0 Å². The summed E-state index contributed by atoms with van der Waals surface area (Å²) in [6.45, 7) is 0.979. The van der Waals surface area contributed by atoms with Crippen molar-refractivity contribution in [2.45, 2.75) is 24.9 Å². The number of anilines is 4. The molecule has 13 heteroatoms. The minimum absolute atomic E-state index is 0.0333. The van der Waals surface area contributed by atoms with Crippen molar-refractivity contribution in [2.75, 3.05) is 34.8 Å². The van der Waals surface area contributed by atoms with Gasteiger partial charge in [-0.25, -0.2) is 4.79 Å². The summed E-state index contributed by atoms with van der Waals surface area (Å²) >= 11 is 5.24. The molecule has 0 saturated carbocycles. The number of aliphatic carboxylic acids is 1. The fourth-order valence-electron chi connectivity index (χ4n) is 3.09. The van der Waals surface area contributed by atoms with E-state index in [1.807, 2.05) is 0 Å². The number of benzene rings is 1. The molecule has 1 unspecified atom stereocenters. The number of rotatable bonds is 9. The Labute approximate surface area is 186 Å². The first kappa shape index (κ1) is 22.9. The molecule has 12 nitrogen and oxygen atoms in total. The normalized spacial score (nSPS) is 15.5. The molecular formula is C19H22ClN7O5. The number of nitrogens with two attached hydrogens (primary N) is 1. The maximum Gasteiger partial charge on any atom is 0.326 e. The lowest BCUT2D eigenvalue weighted by Gasteiger charge is -2.27. The number of nitrogen functional groups attached to an aromatic ring is 1. The lowest BCUT2D eigenvalue weighted by Crippen LogP contribution is -2.41. The van der Waals surface area contributed by atoms with E-state index in [2.05, 4.69) is 31.2 Å². The first-order chi connectivity index (χ1) is 15.2. The summed E-state index contributed by atoms with van der Waals surface area (Å²) in [7, 11) is 0. The molecule has 3 rings (SSSR count). The number of nitrogens with one attached hydrogen (secondary N) is 5. The Morgan fingerprint density at radius 3 is 2.66 bits per heavy atom. The van der Waals surface area contributed by atoms with Crippen molar-refractivity contribution in [3.63, 3.8) is 0 Å². The summed E-state index contributed by atoms with van der Waals surface area (Å²) < 4.78 is 0. The van der Waals surface area contributed by atoms with E-state index in [1.165, 1.54) is 0 Å². The van der Waals surface area contributed by atoms with Crippen LogP contribution in [-0.2, 0) is 9.59 Å². The van der Waals surface area contributed by atoms with Crippen molar-refractivity contribution in [3.8, 4) is 0 Å². The van der Waals surface area contributed by atoms with Gasteiger partial charge in [-0.05, 0) is 42.3 Å². The Bertz CT molecular complexity index is 1070. The Kier molecular flexibility index (Phi) is 7.15. The Balaban J connectivity index is 1.54. The Hall–Kier alpha value is -3.80. The van der Waals surface area contributed by atoms with Crippen LogP contribution in [0.5, 0.6) is 0 Å². The minimum Gasteiger partial charge on any atom is -0.480 e. The first-order valence-electron chi connectivity index (χ1n) is 9.69. The summed E-state index contributed by atoms with van der Waals surface area (Å²) in [5, 5.41) is 20.3. The number of aromatic amines is 1. The third-order valence-corrected chi connectivity index (χ3v) is 4.92. The highest BCUT2D eigenvalue weighted by atomic mass is 35.5. The monoisotopic (exact) mass is 463 g/mol. The second-order valence-electron chi connectivity index (χ2n) is 7.11. The molecule has 1 aromatic heterocycles. The highest BCUT2D eigenvalue weighted by Gasteiger charge is 2.22. The highest BCUT2D eigenvalue weighted by molar-refractivity contribution is 6.63. The van der Waals surface area contributed by atoms with Crippen LogP contribution < -0.4 is 32.6 Å². The maximum absolute atomic E-state index is 12.3. The number of amides is 1. The van der Waals surface area contributed by atoms with Gasteiger partial charge in [-0.2, -0.15) is 4.98 Å². The maximum atomic E-state index is 12.3. The van der Waals surface area contributed by atoms with E-state index in [4.69, 9.17) is 17.3 Å². The second kappa shape index (κ2) is 10.0. The molecule has 2 atom stereocenters. The number of halogens is 1. The van der Waals surface area contributed by atoms with Gasteiger partial charge in [0.05, 0.1) is 6.04 Å². The molecule has 0 aliphatic carbocycles. The molecule has 1 aliphatic heterocycles. The van der Waals surface area contributed by atoms with E-state index in [0.29, 0.717) is 24.6 Å². The fraction of sp³-hybridized carbons (Fsp3) is 0.316. The topological polar surface area (TPSA) is 191 Å². The number of aromatic nitrogens is 2. The predicted octanol–water partition coefficient (Wildman–Crippen LogP) is 0.399. The van der Waals surface area contributed by atoms with Crippen molar-refractivity contribution in [3.05, 3.63) is 40.2 Å². The number of hydrogen-bond acceptors (Lipinski definition) is 9. The molecule has 2 heterocycles. The van der Waals surface area contributed by atoms with Crippen LogP contribution in [0.15, 0.2) is 29.1 Å². The molecular weight excluding hydrogens is 442 g/mol. The average Bonchev–Trinajstić information content (AvgIpc) is 2.75. The fourth-order valence-corrected chi connectivity index (χ4v) is 3.20. The summed E-state index contributed by atoms with van der Waals surface area (Å²) in [6, 6.07) is 5.10. The lowest BCUT2D eigenvalue weighted by molar-refractivity contribution is -0.139. The zero-order chi connectivity index (χ0) is 23.3. The quantitative estimate of drug-likeness (QED) is 0.256. The standard InChI is InChI=1S/C19H22ClN7O5/c20-13(28)6-5-12(18(31)32)25-16(29)9-1-3-10(4-2-9)22-7-11-8-23-15-14(24-11)17(30)27-19(21)26-15/h1-4,11-12,22,24H,5-8H2,(H,25,29)(H,31,32)(H4,21,23,26,27,30)/t11?,12-/m0/s1. The molecule has 0 saturated heterocycles. The molecule has 1 aromatic carbocycles. The lowest BCUT2D eigenvalue weighted by atomic mass is 10.1. The van der Waals surface area contributed by atoms with Crippen LogP contribution in [0.2, 0.25) is 0 Å². The van der Waals surface area contributed by atoms with Gasteiger partial charge in [0.15, 0.2) is 5.82 Å². The van der Waals surface area contributed by atoms with Gasteiger partial charge >= 0.3 is 5.97 Å². The summed E-state index contributed by atoms with van der Waals surface area (Å²) in [5.41, 5.74) is 6.47. The number of carbonyl (C=O) groups is 3.